The normalized spacial score (nSPS) is 50.6. The third-order valence-electron chi connectivity index (χ3n) is 8.70. The molecular formula is C21H30O3. The predicted molar refractivity (Wildman–Crippen MR) is 92.3 cm³/mol. The maximum atomic E-state index is 12.2. The van der Waals surface area contributed by atoms with Crippen LogP contribution >= 0.6 is 0 Å². The third-order valence-corrected chi connectivity index (χ3v) is 8.70. The van der Waals surface area contributed by atoms with Crippen molar-refractivity contribution < 1.29 is 14.7 Å². The number of fused-ring (bicyclic) bond motifs is 5. The Kier molecular flexibility index (Phi) is 3.46. The lowest BCUT2D eigenvalue weighted by molar-refractivity contribution is -0.160. The van der Waals surface area contributed by atoms with Gasteiger partial charge in [0.1, 0.15) is 5.60 Å². The summed E-state index contributed by atoms with van der Waals surface area (Å²) in [5.41, 5.74) is 0.155. The lowest BCUT2D eigenvalue weighted by Crippen LogP contribution is -2.57. The number of hydrogen-bond donors (Lipinski definition) is 1. The lowest BCUT2D eigenvalue weighted by Gasteiger charge is -2.58. The van der Waals surface area contributed by atoms with Gasteiger partial charge in [0.25, 0.3) is 0 Å². The molecule has 132 valence electrons. The number of carbonyl (C=O) groups excluding carboxylic acids is 2. The third kappa shape index (κ3) is 1.88. The first-order valence-electron chi connectivity index (χ1n) is 9.70. The number of aliphatic hydroxyl groups is 1. The first-order chi connectivity index (χ1) is 11.2. The van der Waals surface area contributed by atoms with E-state index in [4.69, 9.17) is 0 Å². The van der Waals surface area contributed by atoms with Crippen LogP contribution < -0.4 is 0 Å². The number of rotatable bonds is 1. The highest BCUT2D eigenvalue weighted by Gasteiger charge is 2.65. The van der Waals surface area contributed by atoms with E-state index in [9.17, 15) is 14.7 Å². The van der Waals surface area contributed by atoms with Gasteiger partial charge >= 0.3 is 0 Å². The van der Waals surface area contributed by atoms with Crippen molar-refractivity contribution in [3.8, 4) is 0 Å². The van der Waals surface area contributed by atoms with Crippen LogP contribution in [-0.4, -0.2) is 22.3 Å². The van der Waals surface area contributed by atoms with Crippen LogP contribution in [0.2, 0.25) is 0 Å². The van der Waals surface area contributed by atoms with Crippen molar-refractivity contribution in [1.29, 1.82) is 0 Å². The number of carbonyl (C=O) groups is 2. The summed E-state index contributed by atoms with van der Waals surface area (Å²) in [6.07, 6.45) is 9.37. The van der Waals surface area contributed by atoms with Crippen LogP contribution in [0.25, 0.3) is 0 Å². The molecule has 0 bridgehead atoms. The topological polar surface area (TPSA) is 54.4 Å². The van der Waals surface area contributed by atoms with Crippen molar-refractivity contribution in [2.45, 2.75) is 77.7 Å². The zero-order chi connectivity index (χ0) is 17.3. The highest BCUT2D eigenvalue weighted by molar-refractivity contribution is 5.91. The molecule has 4 aliphatic carbocycles. The molecule has 3 fully saturated rings. The molecule has 24 heavy (non-hydrogen) atoms. The van der Waals surface area contributed by atoms with E-state index in [0.29, 0.717) is 36.4 Å². The molecule has 3 heteroatoms. The fourth-order valence-electron chi connectivity index (χ4n) is 7.15. The van der Waals surface area contributed by atoms with E-state index in [1.807, 2.05) is 6.08 Å². The Labute approximate surface area is 144 Å². The number of ketones is 2. The molecule has 4 rings (SSSR count). The summed E-state index contributed by atoms with van der Waals surface area (Å²) < 4.78 is 0. The molecule has 0 radical (unpaired) electrons. The van der Waals surface area contributed by atoms with Gasteiger partial charge in [0.2, 0.25) is 0 Å². The molecule has 0 unspecified atom stereocenters. The average molecular weight is 330 g/mol. The Morgan fingerprint density at radius 3 is 2.50 bits per heavy atom. The van der Waals surface area contributed by atoms with E-state index < -0.39 is 5.60 Å². The first-order valence-corrected chi connectivity index (χ1v) is 9.70. The second-order valence-electron chi connectivity index (χ2n) is 9.38. The molecule has 0 saturated heterocycles. The Morgan fingerprint density at radius 1 is 1.08 bits per heavy atom. The molecule has 0 heterocycles. The summed E-state index contributed by atoms with van der Waals surface area (Å²) >= 11 is 0. The van der Waals surface area contributed by atoms with Gasteiger partial charge in [-0.15, -0.1) is 0 Å². The van der Waals surface area contributed by atoms with E-state index in [-0.39, 0.29) is 16.6 Å². The SMILES string of the molecule is CC(=O)[C@]1(O)CC[C@@H]2[C@H]3CCC4=CC(=O)CC[C@@]4(C)[C@@H]3CC[C@@]21C. The maximum Gasteiger partial charge on any atom is 0.161 e. The van der Waals surface area contributed by atoms with E-state index in [2.05, 4.69) is 13.8 Å². The van der Waals surface area contributed by atoms with Crippen LogP contribution in [0.1, 0.15) is 72.1 Å². The standard InChI is InChI=1S/C21H30O3/c1-13(22)21(24)11-8-18-16-5-4-14-12-15(23)6-9-19(14,2)17(16)7-10-20(18,21)3/h12,16-18,24H,4-11H2,1-3H3/t16-,17+,18+,19+,20-,21+/m0/s1. The Bertz CT molecular complexity index is 635. The molecule has 3 saturated carbocycles. The van der Waals surface area contributed by atoms with Crippen LogP contribution in [0.15, 0.2) is 11.6 Å². The molecule has 3 nitrogen and oxygen atoms in total. The van der Waals surface area contributed by atoms with Gasteiger partial charge in [0, 0.05) is 11.8 Å². The average Bonchev–Trinajstić information content (AvgIpc) is 2.81. The molecule has 6 atom stereocenters. The monoisotopic (exact) mass is 330 g/mol. The second-order valence-corrected chi connectivity index (χ2v) is 9.38. The minimum Gasteiger partial charge on any atom is -0.382 e. The van der Waals surface area contributed by atoms with Gasteiger partial charge < -0.3 is 5.11 Å². The molecular weight excluding hydrogens is 300 g/mol. The zero-order valence-corrected chi connectivity index (χ0v) is 15.2. The molecule has 1 N–H and O–H groups in total. The lowest BCUT2D eigenvalue weighted by atomic mass is 9.46. The van der Waals surface area contributed by atoms with E-state index in [1.165, 1.54) is 5.57 Å². The van der Waals surface area contributed by atoms with E-state index in [0.717, 1.165) is 38.5 Å². The number of allylic oxidation sites excluding steroid dienone is 1. The van der Waals surface area contributed by atoms with Crippen molar-refractivity contribution in [2.24, 2.45) is 28.6 Å². The van der Waals surface area contributed by atoms with Crippen LogP contribution in [0.3, 0.4) is 0 Å². The number of hydrogen-bond acceptors (Lipinski definition) is 3. The second kappa shape index (κ2) is 5.03. The van der Waals surface area contributed by atoms with Gasteiger partial charge in [-0.3, -0.25) is 9.59 Å². The summed E-state index contributed by atoms with van der Waals surface area (Å²) in [5, 5.41) is 11.1. The minimum atomic E-state index is -1.12. The van der Waals surface area contributed by atoms with Crippen LogP contribution in [0.5, 0.6) is 0 Å². The maximum absolute atomic E-state index is 12.2. The molecule has 0 aliphatic heterocycles. The van der Waals surface area contributed by atoms with Crippen molar-refractivity contribution >= 4 is 11.6 Å². The molecule has 0 spiro atoms. The fourth-order valence-corrected chi connectivity index (χ4v) is 7.15. The first kappa shape index (κ1) is 16.5. The van der Waals surface area contributed by atoms with Crippen LogP contribution in [0, 0.1) is 28.6 Å². The van der Waals surface area contributed by atoms with Crippen molar-refractivity contribution in [3.63, 3.8) is 0 Å². The zero-order valence-electron chi connectivity index (χ0n) is 15.2. The van der Waals surface area contributed by atoms with Gasteiger partial charge in [0.05, 0.1) is 0 Å². The quantitative estimate of drug-likeness (QED) is 0.795. The highest BCUT2D eigenvalue weighted by Crippen LogP contribution is 2.67. The van der Waals surface area contributed by atoms with Crippen molar-refractivity contribution in [3.05, 3.63) is 11.6 Å². The molecule has 4 aliphatic rings. The Morgan fingerprint density at radius 2 is 1.79 bits per heavy atom. The van der Waals surface area contributed by atoms with Gasteiger partial charge in [0.15, 0.2) is 11.6 Å². The molecule has 0 aromatic heterocycles. The van der Waals surface area contributed by atoms with Gasteiger partial charge in [-0.05, 0) is 81.1 Å². The Balaban J connectivity index is 1.70. The molecule has 0 aromatic rings. The van der Waals surface area contributed by atoms with Crippen molar-refractivity contribution in [2.75, 3.05) is 0 Å². The summed E-state index contributed by atoms with van der Waals surface area (Å²) in [7, 11) is 0. The summed E-state index contributed by atoms with van der Waals surface area (Å²) in [6.45, 7) is 6.10. The minimum absolute atomic E-state index is 0.0446. The van der Waals surface area contributed by atoms with Crippen LogP contribution in [0.4, 0.5) is 0 Å². The smallest absolute Gasteiger partial charge is 0.161 e. The fraction of sp³-hybridized carbons (Fsp3) is 0.810. The Hall–Kier alpha value is -0.960. The van der Waals surface area contributed by atoms with Gasteiger partial charge in [-0.1, -0.05) is 19.4 Å². The van der Waals surface area contributed by atoms with Crippen molar-refractivity contribution in [1.82, 2.24) is 0 Å². The summed E-state index contributed by atoms with van der Waals surface area (Å²) in [5.74, 6) is 1.90. The van der Waals surface area contributed by atoms with Crippen LogP contribution in [-0.2, 0) is 9.59 Å². The molecule has 0 amide bonds. The largest absolute Gasteiger partial charge is 0.382 e. The van der Waals surface area contributed by atoms with Gasteiger partial charge in [-0.2, -0.15) is 0 Å². The van der Waals surface area contributed by atoms with E-state index in [1.54, 1.807) is 6.92 Å². The van der Waals surface area contributed by atoms with E-state index >= 15 is 0 Å². The summed E-state index contributed by atoms with van der Waals surface area (Å²) in [4.78, 5) is 24.1. The van der Waals surface area contributed by atoms with Gasteiger partial charge in [-0.25, -0.2) is 0 Å². The predicted octanol–water partition coefficient (Wildman–Crippen LogP) is 3.84. The highest BCUT2D eigenvalue weighted by atomic mass is 16.3. The number of Topliss-reactive ketones (excluding diaryl/α,β-unsaturated/α-hetero) is 1. The summed E-state index contributed by atoms with van der Waals surface area (Å²) in [6, 6.07) is 0. The molecule has 0 aromatic carbocycles.